The van der Waals surface area contributed by atoms with Crippen LogP contribution in [-0.2, 0) is 11.4 Å². The molecule has 1 aromatic heterocycles. The highest BCUT2D eigenvalue weighted by Crippen LogP contribution is 2.29. The Morgan fingerprint density at radius 1 is 1.28 bits per heavy atom. The van der Waals surface area contributed by atoms with E-state index in [-0.39, 0.29) is 6.61 Å². The Hall–Kier alpha value is -3.32. The van der Waals surface area contributed by atoms with Gasteiger partial charge in [-0.15, -0.1) is 0 Å². The number of fused-ring (bicyclic) bond motifs is 1. The quantitative estimate of drug-likeness (QED) is 0.364. The molecular weight excluding hydrogens is 322 g/mol. The molecular formula is C18H17N3O4. The average molecular weight is 339 g/mol. The number of methoxy groups -OCH3 is 1. The summed E-state index contributed by atoms with van der Waals surface area (Å²) in [6.07, 6.45) is 2.77. The third-order valence-corrected chi connectivity index (χ3v) is 3.53. The summed E-state index contributed by atoms with van der Waals surface area (Å²) in [6.45, 7) is 0.245. The van der Waals surface area contributed by atoms with Crippen molar-refractivity contribution in [3.8, 4) is 11.5 Å². The molecule has 0 aliphatic heterocycles. The predicted molar refractivity (Wildman–Crippen MR) is 92.4 cm³/mol. The van der Waals surface area contributed by atoms with E-state index in [0.29, 0.717) is 17.3 Å². The first-order chi connectivity index (χ1) is 12.2. The molecule has 0 atom stereocenters. The molecule has 1 heterocycles. The van der Waals surface area contributed by atoms with Crippen molar-refractivity contribution in [2.24, 2.45) is 0 Å². The minimum Gasteiger partial charge on any atom is -0.493 e. The lowest BCUT2D eigenvalue weighted by molar-refractivity contribution is -0.124. The minimum absolute atomic E-state index is 0.245. The van der Waals surface area contributed by atoms with Gasteiger partial charge < -0.3 is 14.5 Å². The average Bonchev–Trinajstić information content (AvgIpc) is 3.07. The van der Waals surface area contributed by atoms with Crippen molar-refractivity contribution in [2.45, 2.75) is 6.61 Å². The van der Waals surface area contributed by atoms with Gasteiger partial charge in [-0.2, -0.15) is 0 Å². The number of para-hydroxylation sites is 2. The number of hydroxylamine groups is 1. The molecule has 0 unspecified atom stereocenters. The second-order valence-corrected chi connectivity index (χ2v) is 5.21. The normalized spacial score (nSPS) is 11.0. The van der Waals surface area contributed by atoms with E-state index in [4.69, 9.17) is 14.7 Å². The summed E-state index contributed by atoms with van der Waals surface area (Å²) in [4.78, 5) is 18.7. The number of rotatable bonds is 6. The van der Waals surface area contributed by atoms with Gasteiger partial charge in [0.25, 0.3) is 5.91 Å². The number of benzene rings is 2. The molecule has 1 amide bonds. The molecule has 128 valence electrons. The maximum Gasteiger partial charge on any atom is 0.267 e. The molecule has 3 N–H and O–H groups in total. The van der Waals surface area contributed by atoms with Crippen molar-refractivity contribution in [2.75, 3.05) is 7.11 Å². The van der Waals surface area contributed by atoms with Crippen LogP contribution in [0.4, 0.5) is 0 Å². The van der Waals surface area contributed by atoms with Gasteiger partial charge in [0.15, 0.2) is 11.5 Å². The Morgan fingerprint density at radius 2 is 2.12 bits per heavy atom. The third-order valence-electron chi connectivity index (χ3n) is 3.53. The number of aromatic nitrogens is 2. The summed E-state index contributed by atoms with van der Waals surface area (Å²) >= 11 is 0. The van der Waals surface area contributed by atoms with Crippen molar-refractivity contribution < 1.29 is 19.5 Å². The van der Waals surface area contributed by atoms with Crippen LogP contribution in [0, 0.1) is 0 Å². The summed E-state index contributed by atoms with van der Waals surface area (Å²) in [5, 5.41) is 8.51. The van der Waals surface area contributed by atoms with E-state index in [2.05, 4.69) is 9.97 Å². The van der Waals surface area contributed by atoms with Crippen molar-refractivity contribution in [3.63, 3.8) is 0 Å². The van der Waals surface area contributed by atoms with Gasteiger partial charge in [0.05, 0.1) is 18.1 Å². The smallest absolute Gasteiger partial charge is 0.267 e. The van der Waals surface area contributed by atoms with Gasteiger partial charge in [-0.05, 0) is 35.9 Å². The highest BCUT2D eigenvalue weighted by Gasteiger charge is 2.08. The molecule has 0 aliphatic rings. The van der Waals surface area contributed by atoms with E-state index < -0.39 is 5.91 Å². The molecule has 2 aromatic carbocycles. The van der Waals surface area contributed by atoms with Gasteiger partial charge in [0, 0.05) is 6.08 Å². The molecule has 3 aromatic rings. The molecule has 0 saturated carbocycles. The van der Waals surface area contributed by atoms with Crippen molar-refractivity contribution in [1.82, 2.24) is 15.4 Å². The first-order valence-electron chi connectivity index (χ1n) is 7.56. The van der Waals surface area contributed by atoms with Gasteiger partial charge >= 0.3 is 0 Å². The molecule has 0 spiro atoms. The topological polar surface area (TPSA) is 96.5 Å². The Balaban J connectivity index is 1.77. The molecule has 7 heteroatoms. The largest absolute Gasteiger partial charge is 0.493 e. The number of carbonyl (C=O) groups is 1. The number of carbonyl (C=O) groups excluding carboxylic acids is 1. The third kappa shape index (κ3) is 3.96. The molecule has 3 rings (SSSR count). The van der Waals surface area contributed by atoms with Crippen LogP contribution in [0.1, 0.15) is 11.4 Å². The zero-order chi connectivity index (χ0) is 17.6. The van der Waals surface area contributed by atoms with E-state index in [9.17, 15) is 4.79 Å². The van der Waals surface area contributed by atoms with Gasteiger partial charge in [-0.1, -0.05) is 18.2 Å². The lowest BCUT2D eigenvalue weighted by Gasteiger charge is -2.10. The molecule has 0 saturated heterocycles. The molecule has 7 nitrogen and oxygen atoms in total. The summed E-state index contributed by atoms with van der Waals surface area (Å²) < 4.78 is 11.1. The SMILES string of the molecule is COc1ccc(C=CC(=O)NO)cc1OCc1nc2ccccc2[nH]1. The van der Waals surface area contributed by atoms with Crippen LogP contribution in [0.3, 0.4) is 0 Å². The number of nitrogens with zero attached hydrogens (tertiary/aromatic N) is 1. The van der Waals surface area contributed by atoms with Crippen LogP contribution in [0.25, 0.3) is 17.1 Å². The summed E-state index contributed by atoms with van der Waals surface area (Å²) in [6, 6.07) is 13.0. The zero-order valence-electron chi connectivity index (χ0n) is 13.5. The number of hydrogen-bond donors (Lipinski definition) is 3. The Labute approximate surface area is 143 Å². The molecule has 0 fully saturated rings. The van der Waals surface area contributed by atoms with Crippen LogP contribution in [-0.4, -0.2) is 28.2 Å². The molecule has 0 aliphatic carbocycles. The maximum atomic E-state index is 11.1. The number of imidazole rings is 1. The fraction of sp³-hybridized carbons (Fsp3) is 0.111. The van der Waals surface area contributed by atoms with E-state index >= 15 is 0 Å². The second kappa shape index (κ2) is 7.50. The summed E-state index contributed by atoms with van der Waals surface area (Å²) in [7, 11) is 1.55. The standard InChI is InChI=1S/C18H17N3O4/c1-24-15-8-6-12(7-9-18(22)21-23)10-16(15)25-11-17-19-13-4-2-3-5-14(13)20-17/h2-10,23H,11H2,1H3,(H,19,20)(H,21,22). The Kier molecular flexibility index (Phi) is 4.96. The highest BCUT2D eigenvalue weighted by atomic mass is 16.5. The van der Waals surface area contributed by atoms with Crippen LogP contribution in [0.5, 0.6) is 11.5 Å². The first kappa shape index (κ1) is 16.5. The van der Waals surface area contributed by atoms with Crippen LogP contribution < -0.4 is 15.0 Å². The highest BCUT2D eigenvalue weighted by molar-refractivity contribution is 5.90. The van der Waals surface area contributed by atoms with Crippen LogP contribution in [0.15, 0.2) is 48.5 Å². The maximum absolute atomic E-state index is 11.1. The number of ether oxygens (including phenoxy) is 2. The lowest BCUT2D eigenvalue weighted by Crippen LogP contribution is -2.14. The van der Waals surface area contributed by atoms with Crippen LogP contribution >= 0.6 is 0 Å². The Morgan fingerprint density at radius 3 is 2.88 bits per heavy atom. The molecule has 25 heavy (non-hydrogen) atoms. The number of aromatic amines is 1. The van der Waals surface area contributed by atoms with Crippen molar-refractivity contribution in [3.05, 3.63) is 59.9 Å². The van der Waals surface area contributed by atoms with Gasteiger partial charge in [-0.3, -0.25) is 10.0 Å². The van der Waals surface area contributed by atoms with Crippen molar-refractivity contribution >= 4 is 23.0 Å². The summed E-state index contributed by atoms with van der Waals surface area (Å²) in [5.41, 5.74) is 4.08. The zero-order valence-corrected chi connectivity index (χ0v) is 13.5. The number of H-pyrrole nitrogens is 1. The molecule has 0 bridgehead atoms. The van der Waals surface area contributed by atoms with E-state index in [1.165, 1.54) is 11.6 Å². The lowest BCUT2D eigenvalue weighted by atomic mass is 10.2. The molecule has 0 radical (unpaired) electrons. The minimum atomic E-state index is -0.611. The predicted octanol–water partition coefficient (Wildman–Crippen LogP) is 2.67. The van der Waals surface area contributed by atoms with E-state index in [0.717, 1.165) is 16.6 Å². The van der Waals surface area contributed by atoms with E-state index in [1.54, 1.807) is 31.4 Å². The fourth-order valence-corrected chi connectivity index (χ4v) is 2.34. The monoisotopic (exact) mass is 339 g/mol. The fourth-order valence-electron chi connectivity index (χ4n) is 2.34. The summed E-state index contributed by atoms with van der Waals surface area (Å²) in [5.74, 6) is 1.18. The van der Waals surface area contributed by atoms with Gasteiger partial charge in [0.1, 0.15) is 12.4 Å². The van der Waals surface area contributed by atoms with Crippen LogP contribution in [0.2, 0.25) is 0 Å². The van der Waals surface area contributed by atoms with Gasteiger partial charge in [0.2, 0.25) is 0 Å². The number of hydrogen-bond acceptors (Lipinski definition) is 5. The number of nitrogens with one attached hydrogen (secondary N) is 2. The van der Waals surface area contributed by atoms with Gasteiger partial charge in [-0.25, -0.2) is 10.5 Å². The Bertz CT molecular complexity index is 885. The first-order valence-corrected chi connectivity index (χ1v) is 7.56. The second-order valence-electron chi connectivity index (χ2n) is 5.21. The van der Waals surface area contributed by atoms with E-state index in [1.807, 2.05) is 24.3 Å². The van der Waals surface area contributed by atoms with Crippen molar-refractivity contribution in [1.29, 1.82) is 0 Å². The number of amides is 1.